The van der Waals surface area contributed by atoms with Crippen LogP contribution in [0.2, 0.25) is 0 Å². The van der Waals surface area contributed by atoms with Crippen molar-refractivity contribution in [1.82, 2.24) is 4.90 Å². The van der Waals surface area contributed by atoms with Crippen LogP contribution in [-0.4, -0.2) is 49.7 Å². The number of ether oxygens (including phenoxy) is 2. The maximum atomic E-state index is 13.2. The molecule has 1 rings (SSSR count). The van der Waals surface area contributed by atoms with Crippen LogP contribution >= 0.6 is 0 Å². The zero-order chi connectivity index (χ0) is 36.0. The molecule has 0 aliphatic carbocycles. The van der Waals surface area contributed by atoms with Gasteiger partial charge in [0.25, 0.3) is 0 Å². The Balaban J connectivity index is 2.99. The quantitative estimate of drug-likeness (QED) is 0.116. The lowest BCUT2D eigenvalue weighted by atomic mass is 9.79. The summed E-state index contributed by atoms with van der Waals surface area (Å²) in [5.41, 5.74) is 10.0. The van der Waals surface area contributed by atoms with Crippen molar-refractivity contribution >= 4 is 11.9 Å². The molecule has 49 heavy (non-hydrogen) atoms. The van der Waals surface area contributed by atoms with Crippen LogP contribution in [0.15, 0.2) is 29.3 Å². The van der Waals surface area contributed by atoms with Gasteiger partial charge in [0.2, 0.25) is 0 Å². The van der Waals surface area contributed by atoms with E-state index in [0.29, 0.717) is 32.1 Å². The molecular weight excluding hydrogens is 606 g/mol. The molecule has 0 radical (unpaired) electrons. The first-order valence-corrected chi connectivity index (χ1v) is 20.7. The highest BCUT2D eigenvalue weighted by Crippen LogP contribution is 2.33. The number of hydrogen-bond donors (Lipinski definition) is 0. The Morgan fingerprint density at radius 2 is 1.14 bits per heavy atom. The fourth-order valence-electron chi connectivity index (χ4n) is 7.12. The molecule has 0 amide bonds. The molecule has 1 saturated heterocycles. The predicted octanol–water partition coefficient (Wildman–Crippen LogP) is 12.1. The summed E-state index contributed by atoms with van der Waals surface area (Å²) in [7, 11) is 2.26. The van der Waals surface area contributed by atoms with E-state index in [-0.39, 0.29) is 23.8 Å². The molecule has 0 spiro atoms. The van der Waals surface area contributed by atoms with E-state index in [2.05, 4.69) is 63.4 Å². The second-order valence-electron chi connectivity index (χ2n) is 15.2. The van der Waals surface area contributed by atoms with Crippen LogP contribution < -0.4 is 0 Å². The second-order valence-corrected chi connectivity index (χ2v) is 15.2. The molecule has 2 unspecified atom stereocenters. The Morgan fingerprint density at radius 1 is 0.694 bits per heavy atom. The zero-order valence-corrected chi connectivity index (χ0v) is 32.9. The monoisotopic (exact) mass is 684 g/mol. The molecule has 1 aliphatic rings. The number of rotatable bonds is 12. The second kappa shape index (κ2) is 30.8. The number of carbonyl (C=O) groups excluding carboxylic acids is 2. The molecule has 1 heterocycles. The minimum absolute atomic E-state index is 0.0347. The lowest BCUT2D eigenvalue weighted by Crippen LogP contribution is -2.28. The van der Waals surface area contributed by atoms with Crippen molar-refractivity contribution in [3.63, 3.8) is 0 Å². The molecule has 0 saturated carbocycles. The standard InChI is InChI=1S/C44H77NO4/c1-7-10-21-29-40-36-43(46)48-34-25-19-15-13-17-23-27-39(32-33-45(6)38(4)5)28-24-18-14-16-20-26-35-49-44(47)37-41(30-22-11-8-2)42(40)31-12-9-3/h38-41H,3,7-8,10-11,13-30,32-37H2,1-2,4-6H3. The summed E-state index contributed by atoms with van der Waals surface area (Å²) < 4.78 is 11.6. The summed E-state index contributed by atoms with van der Waals surface area (Å²) >= 11 is 0. The topological polar surface area (TPSA) is 55.8 Å². The van der Waals surface area contributed by atoms with Gasteiger partial charge >= 0.3 is 11.9 Å². The van der Waals surface area contributed by atoms with Crippen molar-refractivity contribution in [3.05, 3.63) is 29.3 Å². The van der Waals surface area contributed by atoms with E-state index in [4.69, 9.17) is 9.47 Å². The number of allylic oxidation sites excluding steroid dienone is 1. The van der Waals surface area contributed by atoms with E-state index in [1.807, 2.05) is 0 Å². The van der Waals surface area contributed by atoms with Gasteiger partial charge in [0.1, 0.15) is 0 Å². The van der Waals surface area contributed by atoms with Gasteiger partial charge in [0.15, 0.2) is 0 Å². The average Bonchev–Trinajstić information content (AvgIpc) is 3.08. The van der Waals surface area contributed by atoms with Gasteiger partial charge < -0.3 is 14.4 Å². The SMILES string of the molecule is C=C=C=C=C1C(CCCCC)CC(=O)OCCCCCCCCC(CCN(C)C(C)C)CCCCCCCCOC(=O)CC1CCCCC. The van der Waals surface area contributed by atoms with E-state index in [0.717, 1.165) is 88.5 Å². The first-order chi connectivity index (χ1) is 23.8. The van der Waals surface area contributed by atoms with Crippen molar-refractivity contribution in [3.8, 4) is 0 Å². The fourth-order valence-corrected chi connectivity index (χ4v) is 7.12. The molecule has 0 N–H and O–H groups in total. The molecule has 282 valence electrons. The van der Waals surface area contributed by atoms with E-state index in [1.165, 1.54) is 77.2 Å². The van der Waals surface area contributed by atoms with Crippen molar-refractivity contribution in [2.45, 2.75) is 194 Å². The van der Waals surface area contributed by atoms with Gasteiger partial charge in [-0.3, -0.25) is 9.59 Å². The summed E-state index contributed by atoms with van der Waals surface area (Å²) in [4.78, 5) is 28.9. The van der Waals surface area contributed by atoms with E-state index >= 15 is 0 Å². The number of carbonyl (C=O) groups is 2. The van der Waals surface area contributed by atoms with Crippen molar-refractivity contribution < 1.29 is 19.1 Å². The van der Waals surface area contributed by atoms with Crippen LogP contribution in [0, 0.1) is 17.8 Å². The maximum Gasteiger partial charge on any atom is 0.306 e. The Kier molecular flexibility index (Phi) is 28.3. The third-order valence-electron chi connectivity index (χ3n) is 10.6. The highest BCUT2D eigenvalue weighted by Gasteiger charge is 2.28. The smallest absolute Gasteiger partial charge is 0.306 e. The molecule has 0 aromatic heterocycles. The number of esters is 2. The van der Waals surface area contributed by atoms with E-state index < -0.39 is 0 Å². The van der Waals surface area contributed by atoms with Gasteiger partial charge in [-0.1, -0.05) is 141 Å². The van der Waals surface area contributed by atoms with Crippen LogP contribution in [-0.2, 0) is 19.1 Å². The lowest BCUT2D eigenvalue weighted by Gasteiger charge is -2.25. The van der Waals surface area contributed by atoms with Crippen molar-refractivity contribution in [2.75, 3.05) is 26.8 Å². The summed E-state index contributed by atoms with van der Waals surface area (Å²) in [5, 5.41) is 0. The fraction of sp³-hybridized carbons (Fsp3) is 0.841. The summed E-state index contributed by atoms with van der Waals surface area (Å²) in [5.74, 6) is 0.469. The molecule has 5 nitrogen and oxygen atoms in total. The van der Waals surface area contributed by atoms with Crippen LogP contribution in [0.5, 0.6) is 0 Å². The highest BCUT2D eigenvalue weighted by molar-refractivity contribution is 5.71. The molecular formula is C44H77NO4. The molecule has 0 aromatic carbocycles. The first-order valence-electron chi connectivity index (χ1n) is 20.7. The molecule has 0 aromatic rings. The lowest BCUT2D eigenvalue weighted by molar-refractivity contribution is -0.145. The molecule has 0 bridgehead atoms. The number of unbranched alkanes of at least 4 members (excludes halogenated alkanes) is 4. The van der Waals surface area contributed by atoms with Crippen LogP contribution in [0.25, 0.3) is 0 Å². The van der Waals surface area contributed by atoms with Gasteiger partial charge in [-0.2, -0.15) is 0 Å². The normalized spacial score (nSPS) is 22.5. The van der Waals surface area contributed by atoms with Crippen molar-refractivity contribution in [2.24, 2.45) is 17.8 Å². The molecule has 5 heteroatoms. The average molecular weight is 684 g/mol. The number of nitrogens with zero attached hydrogens (tertiary/aromatic N) is 1. The molecule has 1 fully saturated rings. The van der Waals surface area contributed by atoms with Crippen LogP contribution in [0.1, 0.15) is 188 Å². The van der Waals surface area contributed by atoms with Crippen molar-refractivity contribution in [1.29, 1.82) is 0 Å². The highest BCUT2D eigenvalue weighted by atomic mass is 16.5. The summed E-state index contributed by atoms with van der Waals surface area (Å²) in [6, 6.07) is 0.604. The minimum atomic E-state index is -0.145. The zero-order valence-electron chi connectivity index (χ0n) is 32.9. The van der Waals surface area contributed by atoms with Gasteiger partial charge in [-0.05, 0) is 95.2 Å². The van der Waals surface area contributed by atoms with Crippen LogP contribution in [0.3, 0.4) is 0 Å². The third kappa shape index (κ3) is 23.9. The number of cyclic esters (lactones) is 2. The number of hydrogen-bond acceptors (Lipinski definition) is 5. The third-order valence-corrected chi connectivity index (χ3v) is 10.6. The maximum absolute atomic E-state index is 13.2. The predicted molar refractivity (Wildman–Crippen MR) is 207 cm³/mol. The Labute approximate surface area is 303 Å². The van der Waals surface area contributed by atoms with Crippen LogP contribution in [0.4, 0.5) is 0 Å². The summed E-state index contributed by atoms with van der Waals surface area (Å²) in [6.45, 7) is 14.8. The van der Waals surface area contributed by atoms with E-state index in [1.54, 1.807) is 0 Å². The van der Waals surface area contributed by atoms with Gasteiger partial charge in [-0.25, -0.2) is 0 Å². The molecule has 2 atom stereocenters. The Bertz CT molecular complexity index is 917. The largest absolute Gasteiger partial charge is 0.466 e. The minimum Gasteiger partial charge on any atom is -0.466 e. The Hall–Kier alpha value is -2.02. The summed E-state index contributed by atoms with van der Waals surface area (Å²) in [6.07, 6.45) is 27.2. The van der Waals surface area contributed by atoms with Gasteiger partial charge in [0.05, 0.1) is 26.1 Å². The van der Waals surface area contributed by atoms with Gasteiger partial charge in [-0.15, -0.1) is 0 Å². The molecule has 1 aliphatic heterocycles. The Morgan fingerprint density at radius 3 is 1.57 bits per heavy atom. The van der Waals surface area contributed by atoms with E-state index in [9.17, 15) is 9.59 Å². The first kappa shape index (κ1) is 45.0. The van der Waals surface area contributed by atoms with Gasteiger partial charge in [0, 0.05) is 6.04 Å².